The minimum atomic E-state index is -1.82. The first-order chi connectivity index (χ1) is 27.2. The van der Waals surface area contributed by atoms with E-state index in [-0.39, 0.29) is 41.0 Å². The maximum atomic E-state index is 13.9. The van der Waals surface area contributed by atoms with Gasteiger partial charge < -0.3 is 56.0 Å². The van der Waals surface area contributed by atoms with Gasteiger partial charge in [-0.1, -0.05) is 51.8 Å². The zero-order valence-electron chi connectivity index (χ0n) is 32.0. The summed E-state index contributed by atoms with van der Waals surface area (Å²) in [4.78, 5) is 26.6. The lowest BCUT2D eigenvalue weighted by Crippen LogP contribution is -2.38. The zero-order chi connectivity index (χ0) is 41.6. The van der Waals surface area contributed by atoms with Crippen molar-refractivity contribution in [2.75, 3.05) is 13.1 Å². The molecule has 1 aliphatic carbocycles. The van der Waals surface area contributed by atoms with Crippen LogP contribution in [0.2, 0.25) is 0 Å². The molecular formula is C44H49NO12. The van der Waals surface area contributed by atoms with Crippen molar-refractivity contribution in [1.29, 1.82) is 0 Å². The first-order valence-corrected chi connectivity index (χ1v) is 18.9. The summed E-state index contributed by atoms with van der Waals surface area (Å²) in [5.74, 6) is -7.66. The first-order valence-electron chi connectivity index (χ1n) is 18.9. The summed E-state index contributed by atoms with van der Waals surface area (Å²) >= 11 is 0. The molecule has 57 heavy (non-hydrogen) atoms. The molecule has 13 nitrogen and oxygen atoms in total. The second-order valence-electron chi connectivity index (χ2n) is 14.2. The highest BCUT2D eigenvalue weighted by Crippen LogP contribution is 2.52. The molecule has 0 fully saturated rings. The number of allylic oxidation sites excluding steroid dienone is 2. The topological polar surface area (TPSA) is 237 Å². The summed E-state index contributed by atoms with van der Waals surface area (Å²) in [6.45, 7) is 6.08. The molecule has 0 saturated heterocycles. The number of rotatable bonds is 16. The maximum Gasteiger partial charge on any atom is 0.345 e. The maximum absolute atomic E-state index is 13.9. The number of carboxylic acid groups (broad SMARTS) is 1. The third-order valence-electron chi connectivity index (χ3n) is 10.3. The van der Waals surface area contributed by atoms with Gasteiger partial charge in [0.1, 0.15) is 5.75 Å². The van der Waals surface area contributed by atoms with Gasteiger partial charge in [0.25, 0.3) is 0 Å². The Morgan fingerprint density at radius 1 is 0.825 bits per heavy atom. The van der Waals surface area contributed by atoms with E-state index in [1.165, 1.54) is 36.4 Å². The van der Waals surface area contributed by atoms with Crippen LogP contribution in [-0.4, -0.2) is 77.1 Å². The van der Waals surface area contributed by atoms with Gasteiger partial charge in [-0.25, -0.2) is 9.59 Å². The number of hydrogen-bond acceptors (Lipinski definition) is 12. The van der Waals surface area contributed by atoms with Gasteiger partial charge in [0.05, 0.1) is 0 Å². The molecule has 0 saturated carbocycles. The van der Waals surface area contributed by atoms with Crippen molar-refractivity contribution in [3.05, 3.63) is 88.5 Å². The van der Waals surface area contributed by atoms with Crippen LogP contribution in [0, 0.1) is 0 Å². The van der Waals surface area contributed by atoms with Crippen LogP contribution < -0.4 is 5.32 Å². The van der Waals surface area contributed by atoms with Gasteiger partial charge in [-0.05, 0) is 125 Å². The lowest BCUT2D eigenvalue weighted by Gasteiger charge is -2.30. The van der Waals surface area contributed by atoms with Gasteiger partial charge in [0, 0.05) is 24.1 Å². The van der Waals surface area contributed by atoms with Crippen molar-refractivity contribution in [1.82, 2.24) is 5.32 Å². The molecule has 0 aromatic heterocycles. The smallest absolute Gasteiger partial charge is 0.345 e. The van der Waals surface area contributed by atoms with Crippen LogP contribution in [-0.2, 0) is 14.3 Å². The Labute approximate surface area is 330 Å². The average Bonchev–Trinajstić information content (AvgIpc) is 3.17. The molecule has 4 aromatic rings. The molecule has 4 aromatic carbocycles. The standard InChI is InChI=1S/C44H49NO12/c1-4-7-8-10-25(18-39(52)57-43(44(55)56)33(22-45-6-3)27-16-36(49)41(53)37(50)17-27)30-21-38(51)42(54)40-23(5-2)13-26(15-32(30)40)31-20-35(48)34(47)19-29(31)24-11-9-12-28(46)14-24/h9,11-12,14-21,23,33,43,45-51,53-54H,4-8,10,13,22H2,1-3H3,(H,55,56)/b25-18+/t23-,33-,43-/m1/s1. The van der Waals surface area contributed by atoms with E-state index in [2.05, 4.69) is 5.32 Å². The fraction of sp³-hybridized carbons (Fsp3) is 0.318. The van der Waals surface area contributed by atoms with Crippen molar-refractivity contribution in [3.8, 4) is 57.1 Å². The summed E-state index contributed by atoms with van der Waals surface area (Å²) in [5.41, 5.74) is 4.10. The predicted molar refractivity (Wildman–Crippen MR) is 215 cm³/mol. The average molecular weight is 784 g/mol. The van der Waals surface area contributed by atoms with E-state index < -0.39 is 47.0 Å². The number of ether oxygens (including phenoxy) is 1. The third-order valence-corrected chi connectivity index (χ3v) is 10.3. The SMILES string of the molecule is CCCCC/C(=C\C(=O)O[C@@H](C(=O)O)[C@H](CNCC)c1cc(O)c(O)c(O)c1)c1cc(O)c(O)c2c1C=C(c1cc(O)c(O)cc1-c1cccc(O)c1)C[C@H]2CC. The third kappa shape index (κ3) is 9.21. The number of carbonyl (C=O) groups is 2. The van der Waals surface area contributed by atoms with Crippen LogP contribution in [0.3, 0.4) is 0 Å². The number of unbranched alkanes of at least 4 members (excludes halogenated alkanes) is 2. The molecule has 0 heterocycles. The number of esters is 1. The van der Waals surface area contributed by atoms with Gasteiger partial charge in [0.15, 0.2) is 40.2 Å². The molecule has 5 rings (SSSR count). The number of carboxylic acids is 1. The minimum Gasteiger partial charge on any atom is -0.508 e. The summed E-state index contributed by atoms with van der Waals surface area (Å²) in [6.07, 6.45) is 4.52. The van der Waals surface area contributed by atoms with E-state index in [0.717, 1.165) is 25.0 Å². The van der Waals surface area contributed by atoms with E-state index in [1.54, 1.807) is 25.1 Å². The fourth-order valence-corrected chi connectivity index (χ4v) is 7.41. The van der Waals surface area contributed by atoms with Gasteiger partial charge >= 0.3 is 11.9 Å². The lowest BCUT2D eigenvalue weighted by molar-refractivity contribution is -0.162. The molecular weight excluding hydrogens is 734 g/mol. The van der Waals surface area contributed by atoms with Gasteiger partial charge in [0.2, 0.25) is 6.10 Å². The van der Waals surface area contributed by atoms with E-state index in [9.17, 15) is 55.5 Å². The number of fused-ring (bicyclic) bond motifs is 1. The predicted octanol–water partition coefficient (Wildman–Crippen LogP) is 7.79. The lowest BCUT2D eigenvalue weighted by atomic mass is 9.75. The van der Waals surface area contributed by atoms with E-state index in [1.807, 2.05) is 13.8 Å². The zero-order valence-corrected chi connectivity index (χ0v) is 32.0. The molecule has 0 amide bonds. The summed E-state index contributed by atoms with van der Waals surface area (Å²) < 4.78 is 5.64. The van der Waals surface area contributed by atoms with Crippen LogP contribution in [0.15, 0.2) is 60.7 Å². The Bertz CT molecular complexity index is 2180. The number of phenols is 8. The summed E-state index contributed by atoms with van der Waals surface area (Å²) in [7, 11) is 0. The van der Waals surface area contributed by atoms with Crippen LogP contribution in [0.1, 0.15) is 98.9 Å². The second-order valence-corrected chi connectivity index (χ2v) is 14.2. The fourth-order valence-electron chi connectivity index (χ4n) is 7.41. The second kappa shape index (κ2) is 18.1. The largest absolute Gasteiger partial charge is 0.508 e. The van der Waals surface area contributed by atoms with Crippen LogP contribution >= 0.6 is 0 Å². The van der Waals surface area contributed by atoms with Crippen LogP contribution in [0.25, 0.3) is 28.3 Å². The Morgan fingerprint density at radius 2 is 1.49 bits per heavy atom. The number of likely N-dealkylation sites (N-methyl/N-ethyl adjacent to an activating group) is 1. The van der Waals surface area contributed by atoms with E-state index in [0.29, 0.717) is 76.8 Å². The molecule has 3 atom stereocenters. The van der Waals surface area contributed by atoms with E-state index in [4.69, 9.17) is 4.74 Å². The molecule has 10 N–H and O–H groups in total. The van der Waals surface area contributed by atoms with Gasteiger partial charge in [-0.15, -0.1) is 0 Å². The summed E-state index contributed by atoms with van der Waals surface area (Å²) in [5, 5.41) is 97.6. The van der Waals surface area contributed by atoms with E-state index >= 15 is 0 Å². The first kappa shape index (κ1) is 41.8. The number of nitrogens with one attached hydrogen (secondary N) is 1. The molecule has 13 heteroatoms. The Balaban J connectivity index is 1.67. The highest BCUT2D eigenvalue weighted by Gasteiger charge is 2.35. The minimum absolute atomic E-state index is 0.00529. The Kier molecular flexibility index (Phi) is 13.3. The molecule has 302 valence electrons. The quantitative estimate of drug-likeness (QED) is 0.0226. The number of aromatic hydroxyl groups is 8. The van der Waals surface area contributed by atoms with Gasteiger partial charge in [-0.2, -0.15) is 0 Å². The van der Waals surface area contributed by atoms with Crippen molar-refractivity contribution in [3.63, 3.8) is 0 Å². The number of hydrogen-bond donors (Lipinski definition) is 10. The van der Waals surface area contributed by atoms with Crippen LogP contribution in [0.5, 0.6) is 46.0 Å². The van der Waals surface area contributed by atoms with Crippen molar-refractivity contribution >= 4 is 29.2 Å². The number of benzene rings is 4. The molecule has 0 bridgehead atoms. The van der Waals surface area contributed by atoms with Crippen molar-refractivity contribution < 1.29 is 60.3 Å². The number of phenolic OH excluding ortho intramolecular Hbond substituents is 8. The Hall–Kier alpha value is -6.34. The number of aliphatic carboxylic acids is 1. The highest BCUT2D eigenvalue weighted by molar-refractivity contribution is 5.99. The Morgan fingerprint density at radius 3 is 2.11 bits per heavy atom. The highest BCUT2D eigenvalue weighted by atomic mass is 16.6. The molecule has 0 radical (unpaired) electrons. The van der Waals surface area contributed by atoms with Gasteiger partial charge in [-0.3, -0.25) is 0 Å². The molecule has 0 unspecified atom stereocenters. The normalized spacial score (nSPS) is 15.0. The monoisotopic (exact) mass is 783 g/mol. The summed E-state index contributed by atoms with van der Waals surface area (Å²) in [6, 6.07) is 12.8. The van der Waals surface area contributed by atoms with Crippen molar-refractivity contribution in [2.24, 2.45) is 0 Å². The van der Waals surface area contributed by atoms with Crippen LogP contribution in [0.4, 0.5) is 0 Å². The molecule has 0 spiro atoms. The molecule has 0 aliphatic heterocycles. The molecule has 1 aliphatic rings. The van der Waals surface area contributed by atoms with Crippen molar-refractivity contribution in [2.45, 2.75) is 77.2 Å². The number of carbonyl (C=O) groups excluding carboxylic acids is 1.